The van der Waals surface area contributed by atoms with E-state index in [1.165, 1.54) is 5.56 Å². The molecule has 19 heavy (non-hydrogen) atoms. The summed E-state index contributed by atoms with van der Waals surface area (Å²) in [4.78, 5) is 0. The fourth-order valence-electron chi connectivity index (χ4n) is 2.62. The molecule has 1 aliphatic rings. The van der Waals surface area contributed by atoms with Gasteiger partial charge in [0.25, 0.3) is 10.1 Å². The molecule has 0 amide bonds. The minimum Gasteiger partial charge on any atom is -0.497 e. The summed E-state index contributed by atoms with van der Waals surface area (Å²) in [5.74, 6) is 1.35. The quantitative estimate of drug-likeness (QED) is 0.798. The summed E-state index contributed by atoms with van der Waals surface area (Å²) < 4.78 is 32.4. The smallest absolute Gasteiger partial charge is 0.264 e. The Morgan fingerprint density at radius 1 is 1.05 bits per heavy atom. The van der Waals surface area contributed by atoms with E-state index in [4.69, 9.17) is 8.92 Å². The van der Waals surface area contributed by atoms with E-state index in [1.54, 1.807) is 7.11 Å². The predicted molar refractivity (Wildman–Crippen MR) is 73.9 cm³/mol. The molecular formula is C14H20O4S. The van der Waals surface area contributed by atoms with Crippen LogP contribution in [0.4, 0.5) is 0 Å². The van der Waals surface area contributed by atoms with Gasteiger partial charge in [0, 0.05) is 0 Å². The van der Waals surface area contributed by atoms with E-state index in [-0.39, 0.29) is 6.10 Å². The lowest BCUT2D eigenvalue weighted by Crippen LogP contribution is -2.23. The summed E-state index contributed by atoms with van der Waals surface area (Å²) in [5.41, 5.74) is 1.29. The minimum atomic E-state index is -3.33. The molecule has 1 aromatic rings. The molecule has 0 N–H and O–H groups in total. The maximum absolute atomic E-state index is 11.1. The second kappa shape index (κ2) is 5.92. The van der Waals surface area contributed by atoms with Crippen LogP contribution in [0.1, 0.15) is 37.2 Å². The number of rotatable bonds is 4. The number of benzene rings is 1. The van der Waals surface area contributed by atoms with Gasteiger partial charge in [0.1, 0.15) is 5.75 Å². The molecule has 0 atom stereocenters. The Balaban J connectivity index is 1.92. The summed E-state index contributed by atoms with van der Waals surface area (Å²) in [5, 5.41) is 0. The van der Waals surface area contributed by atoms with Gasteiger partial charge in [-0.05, 0) is 49.3 Å². The highest BCUT2D eigenvalue weighted by Gasteiger charge is 2.25. The van der Waals surface area contributed by atoms with Crippen molar-refractivity contribution in [2.75, 3.05) is 13.4 Å². The van der Waals surface area contributed by atoms with Gasteiger partial charge in [-0.25, -0.2) is 0 Å². The first kappa shape index (κ1) is 14.3. The Bertz CT molecular complexity index is 499. The van der Waals surface area contributed by atoms with Gasteiger partial charge in [-0.3, -0.25) is 4.18 Å². The fourth-order valence-corrected chi connectivity index (χ4v) is 3.30. The van der Waals surface area contributed by atoms with Crippen molar-refractivity contribution in [3.05, 3.63) is 29.8 Å². The van der Waals surface area contributed by atoms with Crippen LogP contribution in [0.25, 0.3) is 0 Å². The molecule has 4 nitrogen and oxygen atoms in total. The van der Waals surface area contributed by atoms with E-state index in [9.17, 15) is 8.42 Å². The first-order chi connectivity index (χ1) is 8.98. The summed E-state index contributed by atoms with van der Waals surface area (Å²) in [6.07, 6.45) is 4.49. The zero-order chi connectivity index (χ0) is 13.9. The van der Waals surface area contributed by atoms with Crippen LogP contribution in [0.15, 0.2) is 24.3 Å². The zero-order valence-electron chi connectivity index (χ0n) is 11.3. The maximum atomic E-state index is 11.1. The summed E-state index contributed by atoms with van der Waals surface area (Å²) >= 11 is 0. The van der Waals surface area contributed by atoms with Crippen LogP contribution in [-0.4, -0.2) is 27.9 Å². The normalized spacial score (nSPS) is 24.1. The van der Waals surface area contributed by atoms with Crippen molar-refractivity contribution in [3.8, 4) is 5.75 Å². The first-order valence-electron chi connectivity index (χ1n) is 6.50. The maximum Gasteiger partial charge on any atom is 0.264 e. The highest BCUT2D eigenvalue weighted by Crippen LogP contribution is 2.34. The highest BCUT2D eigenvalue weighted by atomic mass is 32.2. The predicted octanol–water partition coefficient (Wildman–Crippen LogP) is 2.70. The Labute approximate surface area is 114 Å². The van der Waals surface area contributed by atoms with E-state index in [1.807, 2.05) is 12.1 Å². The molecule has 0 aliphatic heterocycles. The van der Waals surface area contributed by atoms with Gasteiger partial charge >= 0.3 is 0 Å². The molecule has 106 valence electrons. The molecule has 0 aromatic heterocycles. The topological polar surface area (TPSA) is 52.6 Å². The van der Waals surface area contributed by atoms with Crippen LogP contribution in [0.2, 0.25) is 0 Å². The second-order valence-corrected chi connectivity index (χ2v) is 6.65. The molecule has 1 aliphatic carbocycles. The van der Waals surface area contributed by atoms with Crippen LogP contribution >= 0.6 is 0 Å². The third kappa shape index (κ3) is 4.21. The van der Waals surface area contributed by atoms with Gasteiger partial charge in [-0.1, -0.05) is 12.1 Å². The number of ether oxygens (including phenoxy) is 1. The molecule has 0 saturated heterocycles. The Hall–Kier alpha value is -1.07. The molecule has 0 bridgehead atoms. The summed E-state index contributed by atoms with van der Waals surface area (Å²) in [6, 6.07) is 8.10. The van der Waals surface area contributed by atoms with Crippen molar-refractivity contribution in [2.45, 2.75) is 37.7 Å². The largest absolute Gasteiger partial charge is 0.497 e. The average molecular weight is 284 g/mol. The van der Waals surface area contributed by atoms with E-state index in [0.29, 0.717) is 5.92 Å². The number of hydrogen-bond acceptors (Lipinski definition) is 4. The van der Waals surface area contributed by atoms with Gasteiger partial charge in [-0.15, -0.1) is 0 Å². The van der Waals surface area contributed by atoms with E-state index in [2.05, 4.69) is 12.1 Å². The zero-order valence-corrected chi connectivity index (χ0v) is 12.2. The molecular weight excluding hydrogens is 264 g/mol. The van der Waals surface area contributed by atoms with Crippen molar-refractivity contribution in [1.82, 2.24) is 0 Å². The van der Waals surface area contributed by atoms with Crippen LogP contribution in [0.3, 0.4) is 0 Å². The number of methoxy groups -OCH3 is 1. The Morgan fingerprint density at radius 3 is 2.11 bits per heavy atom. The lowest BCUT2D eigenvalue weighted by molar-refractivity contribution is 0.155. The molecule has 0 unspecified atom stereocenters. The van der Waals surface area contributed by atoms with E-state index < -0.39 is 10.1 Å². The standard InChI is InChI=1S/C14H20O4S/c1-17-13-7-3-11(4-8-13)12-5-9-14(10-6-12)18-19(2,15)16/h3-4,7-8,12,14H,5-6,9-10H2,1-2H3. The molecule has 0 radical (unpaired) electrons. The molecule has 1 saturated carbocycles. The summed E-state index contributed by atoms with van der Waals surface area (Å²) in [6.45, 7) is 0. The van der Waals surface area contributed by atoms with Crippen LogP contribution in [-0.2, 0) is 14.3 Å². The van der Waals surface area contributed by atoms with Crippen molar-refractivity contribution in [3.63, 3.8) is 0 Å². The first-order valence-corrected chi connectivity index (χ1v) is 8.32. The number of hydrogen-bond donors (Lipinski definition) is 0. The molecule has 1 fully saturated rings. The van der Waals surface area contributed by atoms with Crippen molar-refractivity contribution in [2.24, 2.45) is 0 Å². The van der Waals surface area contributed by atoms with Crippen molar-refractivity contribution >= 4 is 10.1 Å². The Kier molecular flexibility index (Phi) is 4.47. The summed E-state index contributed by atoms with van der Waals surface area (Å²) in [7, 11) is -1.68. The van der Waals surface area contributed by atoms with Gasteiger partial charge in [0.15, 0.2) is 0 Å². The van der Waals surface area contributed by atoms with Crippen LogP contribution < -0.4 is 4.74 Å². The van der Waals surface area contributed by atoms with Gasteiger partial charge < -0.3 is 4.74 Å². The SMILES string of the molecule is COc1ccc(C2CCC(OS(C)(=O)=O)CC2)cc1. The molecule has 1 aromatic carbocycles. The van der Waals surface area contributed by atoms with Crippen molar-refractivity contribution in [1.29, 1.82) is 0 Å². The Morgan fingerprint density at radius 2 is 1.63 bits per heavy atom. The molecule has 5 heteroatoms. The molecule has 2 rings (SSSR count). The van der Waals surface area contributed by atoms with E-state index in [0.717, 1.165) is 37.7 Å². The molecule has 0 heterocycles. The lowest BCUT2D eigenvalue weighted by Gasteiger charge is -2.28. The average Bonchev–Trinajstić information content (AvgIpc) is 2.38. The van der Waals surface area contributed by atoms with Crippen LogP contribution in [0, 0.1) is 0 Å². The van der Waals surface area contributed by atoms with E-state index >= 15 is 0 Å². The second-order valence-electron chi connectivity index (χ2n) is 5.05. The lowest BCUT2D eigenvalue weighted by atomic mass is 9.83. The third-order valence-corrected chi connectivity index (χ3v) is 4.19. The fraction of sp³-hybridized carbons (Fsp3) is 0.571. The third-order valence-electron chi connectivity index (χ3n) is 3.57. The van der Waals surface area contributed by atoms with Gasteiger partial charge in [0.2, 0.25) is 0 Å². The van der Waals surface area contributed by atoms with Crippen LogP contribution in [0.5, 0.6) is 5.75 Å². The van der Waals surface area contributed by atoms with Gasteiger partial charge in [-0.2, -0.15) is 8.42 Å². The molecule has 0 spiro atoms. The highest BCUT2D eigenvalue weighted by molar-refractivity contribution is 7.86. The minimum absolute atomic E-state index is 0.149. The van der Waals surface area contributed by atoms with Gasteiger partial charge in [0.05, 0.1) is 19.5 Å². The van der Waals surface area contributed by atoms with Crippen molar-refractivity contribution < 1.29 is 17.3 Å². The monoisotopic (exact) mass is 284 g/mol.